The van der Waals surface area contributed by atoms with Crippen LogP contribution in [0.4, 0.5) is 28.4 Å². The zero-order chi connectivity index (χ0) is 20.3. The average molecular weight is 411 g/mol. The molecule has 146 valence electrons. The molecule has 0 aliphatic rings. The Balaban J connectivity index is 1.66. The van der Waals surface area contributed by atoms with Gasteiger partial charge < -0.3 is 14.6 Å². The highest BCUT2D eigenvalue weighted by atomic mass is 35.5. The van der Waals surface area contributed by atoms with Crippen LogP contribution < -0.4 is 10.2 Å². The van der Waals surface area contributed by atoms with Crippen molar-refractivity contribution in [1.82, 2.24) is 0 Å². The number of halogens is 1. The summed E-state index contributed by atoms with van der Waals surface area (Å²) in [6.07, 6.45) is 1.78. The lowest BCUT2D eigenvalue weighted by molar-refractivity contribution is 0.616. The van der Waals surface area contributed by atoms with Gasteiger partial charge in [0.05, 0.1) is 22.1 Å². The zero-order valence-corrected chi connectivity index (χ0v) is 16.9. The number of para-hydroxylation sites is 3. The van der Waals surface area contributed by atoms with E-state index in [1.807, 2.05) is 84.9 Å². The number of anilines is 5. The average Bonchev–Trinajstić information content (AvgIpc) is 3.22. The van der Waals surface area contributed by atoms with E-state index in [1.54, 1.807) is 6.26 Å². The third-order valence-electron chi connectivity index (χ3n) is 4.99. The van der Waals surface area contributed by atoms with Gasteiger partial charge in [-0.05, 0) is 48.5 Å². The van der Waals surface area contributed by atoms with Crippen molar-refractivity contribution in [1.29, 1.82) is 0 Å². The van der Waals surface area contributed by atoms with E-state index in [0.29, 0.717) is 5.02 Å². The molecule has 1 heterocycles. The highest BCUT2D eigenvalue weighted by Crippen LogP contribution is 2.44. The Labute approximate surface area is 180 Å². The van der Waals surface area contributed by atoms with Gasteiger partial charge in [0.2, 0.25) is 0 Å². The largest absolute Gasteiger partial charge is 0.462 e. The van der Waals surface area contributed by atoms with Gasteiger partial charge in [0.25, 0.3) is 0 Å². The number of fused-ring (bicyclic) bond motifs is 1. The van der Waals surface area contributed by atoms with E-state index in [4.69, 9.17) is 16.0 Å². The van der Waals surface area contributed by atoms with Crippen LogP contribution in [-0.4, -0.2) is 0 Å². The van der Waals surface area contributed by atoms with Crippen LogP contribution in [0.15, 0.2) is 114 Å². The first-order valence-electron chi connectivity index (χ1n) is 9.73. The highest BCUT2D eigenvalue weighted by molar-refractivity contribution is 6.36. The Bertz CT molecular complexity index is 1280. The maximum absolute atomic E-state index is 6.94. The molecule has 30 heavy (non-hydrogen) atoms. The third kappa shape index (κ3) is 3.40. The second kappa shape index (κ2) is 7.97. The molecule has 1 N–H and O–H groups in total. The van der Waals surface area contributed by atoms with Gasteiger partial charge in [0, 0.05) is 16.8 Å². The molecule has 4 heteroatoms. The SMILES string of the molecule is Clc1c(Nc2ccccc2)cccc1N(c1ccccc1)c1coc2ccccc12. The monoisotopic (exact) mass is 410 g/mol. The summed E-state index contributed by atoms with van der Waals surface area (Å²) in [5, 5.41) is 5.08. The number of benzene rings is 4. The van der Waals surface area contributed by atoms with Gasteiger partial charge in [-0.3, -0.25) is 0 Å². The minimum Gasteiger partial charge on any atom is -0.462 e. The topological polar surface area (TPSA) is 28.4 Å². The molecule has 0 atom stereocenters. The first-order chi connectivity index (χ1) is 14.8. The second-order valence-electron chi connectivity index (χ2n) is 6.92. The summed E-state index contributed by atoms with van der Waals surface area (Å²) in [5.41, 5.74) is 5.47. The maximum atomic E-state index is 6.94. The number of hydrogen-bond donors (Lipinski definition) is 1. The molecule has 0 spiro atoms. The lowest BCUT2D eigenvalue weighted by Gasteiger charge is -2.26. The van der Waals surface area contributed by atoms with Gasteiger partial charge in [-0.1, -0.05) is 66.2 Å². The van der Waals surface area contributed by atoms with E-state index in [1.165, 1.54) is 0 Å². The van der Waals surface area contributed by atoms with Gasteiger partial charge >= 0.3 is 0 Å². The van der Waals surface area contributed by atoms with Crippen molar-refractivity contribution < 1.29 is 4.42 Å². The fourth-order valence-corrected chi connectivity index (χ4v) is 3.85. The summed E-state index contributed by atoms with van der Waals surface area (Å²) in [5.74, 6) is 0. The van der Waals surface area contributed by atoms with E-state index >= 15 is 0 Å². The molecular formula is C26H19ClN2O. The lowest BCUT2D eigenvalue weighted by Crippen LogP contribution is -2.10. The predicted octanol–water partition coefficient (Wildman–Crippen LogP) is 8.30. The number of furan rings is 1. The van der Waals surface area contributed by atoms with Crippen LogP contribution in [0, 0.1) is 0 Å². The summed E-state index contributed by atoms with van der Waals surface area (Å²) in [6, 6.07) is 34.2. The van der Waals surface area contributed by atoms with Crippen LogP contribution in [-0.2, 0) is 0 Å². The summed E-state index contributed by atoms with van der Waals surface area (Å²) >= 11 is 6.94. The fraction of sp³-hybridized carbons (Fsp3) is 0. The van der Waals surface area contributed by atoms with E-state index in [-0.39, 0.29) is 0 Å². The molecule has 0 amide bonds. The molecule has 5 rings (SSSR count). The zero-order valence-electron chi connectivity index (χ0n) is 16.1. The number of hydrogen-bond acceptors (Lipinski definition) is 3. The fourth-order valence-electron chi connectivity index (χ4n) is 3.59. The highest BCUT2D eigenvalue weighted by Gasteiger charge is 2.21. The van der Waals surface area contributed by atoms with Crippen LogP contribution in [0.25, 0.3) is 11.0 Å². The van der Waals surface area contributed by atoms with Crippen LogP contribution in [0.5, 0.6) is 0 Å². The standard InChI is InChI=1S/C26H19ClN2O/c27-26-22(28-19-10-3-1-4-11-19)15-9-16-23(26)29(20-12-5-2-6-13-20)24-18-30-25-17-8-7-14-21(24)25/h1-18,28H. The quantitative estimate of drug-likeness (QED) is 0.316. The van der Waals surface area contributed by atoms with Crippen molar-refractivity contribution in [2.24, 2.45) is 0 Å². The second-order valence-corrected chi connectivity index (χ2v) is 7.30. The minimum absolute atomic E-state index is 0.635. The molecule has 0 unspecified atom stereocenters. The Kier molecular flexibility index (Phi) is 4.88. The molecule has 0 aliphatic carbocycles. The molecule has 5 aromatic rings. The van der Waals surface area contributed by atoms with Gasteiger partial charge in [-0.15, -0.1) is 0 Å². The van der Waals surface area contributed by atoms with E-state index < -0.39 is 0 Å². The summed E-state index contributed by atoms with van der Waals surface area (Å²) < 4.78 is 5.84. The van der Waals surface area contributed by atoms with Crippen molar-refractivity contribution in [2.75, 3.05) is 10.2 Å². The van der Waals surface area contributed by atoms with Crippen LogP contribution in [0.2, 0.25) is 5.02 Å². The first-order valence-corrected chi connectivity index (χ1v) is 10.1. The molecule has 0 bridgehead atoms. The number of nitrogens with zero attached hydrogens (tertiary/aromatic N) is 1. The van der Waals surface area contributed by atoms with Crippen molar-refractivity contribution >= 4 is 51.0 Å². The van der Waals surface area contributed by atoms with Gasteiger partial charge in [0.1, 0.15) is 11.8 Å². The van der Waals surface area contributed by atoms with Gasteiger partial charge in [-0.25, -0.2) is 0 Å². The van der Waals surface area contributed by atoms with Crippen LogP contribution >= 0.6 is 11.6 Å². The smallest absolute Gasteiger partial charge is 0.136 e. The van der Waals surface area contributed by atoms with Crippen molar-refractivity contribution in [2.45, 2.75) is 0 Å². The summed E-state index contributed by atoms with van der Waals surface area (Å²) in [6.45, 7) is 0. The molecule has 3 nitrogen and oxygen atoms in total. The lowest BCUT2D eigenvalue weighted by atomic mass is 10.1. The number of nitrogens with one attached hydrogen (secondary N) is 1. The summed E-state index contributed by atoms with van der Waals surface area (Å²) in [7, 11) is 0. The van der Waals surface area contributed by atoms with E-state index in [0.717, 1.165) is 39.4 Å². The molecule has 4 aromatic carbocycles. The van der Waals surface area contributed by atoms with Crippen molar-refractivity contribution in [3.63, 3.8) is 0 Å². The number of rotatable bonds is 5. The first kappa shape index (κ1) is 18.3. The van der Waals surface area contributed by atoms with Crippen molar-refractivity contribution in [3.8, 4) is 0 Å². The molecule has 0 saturated heterocycles. The van der Waals surface area contributed by atoms with E-state index in [9.17, 15) is 0 Å². The third-order valence-corrected chi connectivity index (χ3v) is 5.39. The molecule has 0 aliphatic heterocycles. The van der Waals surface area contributed by atoms with Gasteiger partial charge in [-0.2, -0.15) is 0 Å². The molecule has 0 fully saturated rings. The predicted molar refractivity (Wildman–Crippen MR) is 126 cm³/mol. The Hall–Kier alpha value is -3.69. The molecular weight excluding hydrogens is 392 g/mol. The maximum Gasteiger partial charge on any atom is 0.136 e. The summed E-state index contributed by atoms with van der Waals surface area (Å²) in [4.78, 5) is 2.13. The van der Waals surface area contributed by atoms with Crippen LogP contribution in [0.3, 0.4) is 0 Å². The molecule has 0 radical (unpaired) electrons. The minimum atomic E-state index is 0.635. The van der Waals surface area contributed by atoms with Crippen LogP contribution in [0.1, 0.15) is 0 Å². The van der Waals surface area contributed by atoms with E-state index in [2.05, 4.69) is 28.4 Å². The molecule has 0 saturated carbocycles. The normalized spacial score (nSPS) is 10.8. The molecule has 1 aromatic heterocycles. The van der Waals surface area contributed by atoms with Crippen molar-refractivity contribution in [3.05, 3.63) is 114 Å². The Morgan fingerprint density at radius 3 is 2.17 bits per heavy atom. The Morgan fingerprint density at radius 1 is 0.667 bits per heavy atom. The Morgan fingerprint density at radius 2 is 1.37 bits per heavy atom. The van der Waals surface area contributed by atoms with Gasteiger partial charge in [0.15, 0.2) is 0 Å².